The Hall–Kier alpha value is -0.200. The van der Waals surface area contributed by atoms with Gasteiger partial charge in [-0.1, -0.05) is 0 Å². The van der Waals surface area contributed by atoms with Crippen LogP contribution in [0.25, 0.3) is 0 Å². The Morgan fingerprint density at radius 3 is 2.25 bits per heavy atom. The summed E-state index contributed by atoms with van der Waals surface area (Å²) in [7, 11) is 0. The normalized spacial score (nSPS) is 16.1. The van der Waals surface area contributed by atoms with Gasteiger partial charge in [0.1, 0.15) is 0 Å². The van der Waals surface area contributed by atoms with Crippen LogP contribution in [0.15, 0.2) is 0 Å². The molecule has 0 aromatic heterocycles. The number of aliphatic hydroxyl groups is 2. The summed E-state index contributed by atoms with van der Waals surface area (Å²) in [6.07, 6.45) is 0.104. The Morgan fingerprint density at radius 1 is 1.58 bits per heavy atom. The molecule has 0 amide bonds. The zero-order chi connectivity index (χ0) is 9.78. The fraction of sp³-hybridized carbons (Fsp3) is 1.00. The first kappa shape index (κ1) is 11.8. The summed E-state index contributed by atoms with van der Waals surface area (Å²) >= 11 is 2.91. The fourth-order valence-electron chi connectivity index (χ4n) is 0.788. The molecule has 0 radical (unpaired) electrons. The van der Waals surface area contributed by atoms with Crippen LogP contribution in [-0.2, 0) is 0 Å². The van der Waals surface area contributed by atoms with Gasteiger partial charge in [-0.25, -0.2) is 0 Å². The molecule has 0 rings (SSSR count). The molecule has 0 saturated heterocycles. The molecular formula is C6H12BrNO4. The molecule has 0 aliphatic heterocycles. The van der Waals surface area contributed by atoms with E-state index < -0.39 is 15.3 Å². The van der Waals surface area contributed by atoms with Gasteiger partial charge >= 0.3 is 0 Å². The maximum Gasteiger partial charge on any atom is 0.272 e. The van der Waals surface area contributed by atoms with E-state index in [9.17, 15) is 10.1 Å². The van der Waals surface area contributed by atoms with Crippen LogP contribution in [0, 0.1) is 16.0 Å². The predicted octanol–water partition coefficient (Wildman–Crippen LogP) is 0.365. The highest BCUT2D eigenvalue weighted by molar-refractivity contribution is 9.10. The van der Waals surface area contributed by atoms with Gasteiger partial charge in [-0.05, 0) is 15.9 Å². The average molecular weight is 242 g/mol. The van der Waals surface area contributed by atoms with Crippen LogP contribution in [0.3, 0.4) is 0 Å². The standard InChI is InChI=1S/C6H12BrNO4/c1-6(7,8(11)12)2-5(3-9)4-10/h5,9-10H,2-4H2,1H3. The van der Waals surface area contributed by atoms with Crippen molar-refractivity contribution >= 4 is 15.9 Å². The molecule has 72 valence electrons. The molecule has 0 bridgehead atoms. The van der Waals surface area contributed by atoms with E-state index in [1.807, 2.05) is 0 Å². The Morgan fingerprint density at radius 2 is 2.00 bits per heavy atom. The number of hydrogen-bond donors (Lipinski definition) is 2. The molecule has 0 spiro atoms. The first-order valence-electron chi connectivity index (χ1n) is 3.49. The molecule has 1 atom stereocenters. The van der Waals surface area contributed by atoms with Crippen LogP contribution in [0.1, 0.15) is 13.3 Å². The van der Waals surface area contributed by atoms with Crippen LogP contribution < -0.4 is 0 Å². The molecular weight excluding hydrogens is 230 g/mol. The lowest BCUT2D eigenvalue weighted by Crippen LogP contribution is -2.32. The zero-order valence-electron chi connectivity index (χ0n) is 6.73. The number of nitro groups is 1. The topological polar surface area (TPSA) is 83.6 Å². The van der Waals surface area contributed by atoms with Crippen molar-refractivity contribution < 1.29 is 15.1 Å². The number of rotatable bonds is 5. The Kier molecular flexibility index (Phi) is 4.66. The minimum Gasteiger partial charge on any atom is -0.396 e. The van der Waals surface area contributed by atoms with E-state index >= 15 is 0 Å². The molecule has 6 heteroatoms. The van der Waals surface area contributed by atoms with Gasteiger partial charge in [0.25, 0.3) is 4.45 Å². The van der Waals surface area contributed by atoms with Gasteiger partial charge in [0.2, 0.25) is 0 Å². The highest BCUT2D eigenvalue weighted by Crippen LogP contribution is 2.26. The van der Waals surface area contributed by atoms with E-state index in [4.69, 9.17) is 10.2 Å². The molecule has 0 aromatic rings. The summed E-state index contributed by atoms with van der Waals surface area (Å²) in [5.74, 6) is -0.445. The van der Waals surface area contributed by atoms with E-state index in [2.05, 4.69) is 15.9 Å². The number of hydrogen-bond acceptors (Lipinski definition) is 4. The Bertz CT molecular complexity index is 158. The van der Waals surface area contributed by atoms with Gasteiger partial charge in [0, 0.05) is 37.4 Å². The summed E-state index contributed by atoms with van der Waals surface area (Å²) in [6.45, 7) is 0.905. The van der Waals surface area contributed by atoms with Crippen LogP contribution in [-0.4, -0.2) is 32.8 Å². The molecule has 5 nitrogen and oxygen atoms in total. The van der Waals surface area contributed by atoms with Crippen molar-refractivity contribution in [2.75, 3.05) is 13.2 Å². The maximum absolute atomic E-state index is 10.4. The Labute approximate surface area is 78.7 Å². The predicted molar refractivity (Wildman–Crippen MR) is 46.6 cm³/mol. The fourth-order valence-corrected chi connectivity index (χ4v) is 1.25. The highest BCUT2D eigenvalue weighted by atomic mass is 79.9. The number of nitrogens with zero attached hydrogens (tertiary/aromatic N) is 1. The second-order valence-corrected chi connectivity index (χ2v) is 4.54. The number of alkyl halides is 1. The van der Waals surface area contributed by atoms with Gasteiger partial charge < -0.3 is 10.2 Å². The average Bonchev–Trinajstić information content (AvgIpc) is 2.00. The monoisotopic (exact) mass is 241 g/mol. The van der Waals surface area contributed by atoms with Crippen LogP contribution in [0.4, 0.5) is 0 Å². The molecule has 0 aromatic carbocycles. The van der Waals surface area contributed by atoms with Gasteiger partial charge in [-0.3, -0.25) is 10.1 Å². The van der Waals surface area contributed by atoms with Crippen molar-refractivity contribution in [2.45, 2.75) is 17.8 Å². The summed E-state index contributed by atoms with van der Waals surface area (Å²) in [6, 6.07) is 0. The van der Waals surface area contributed by atoms with Crippen molar-refractivity contribution in [1.29, 1.82) is 0 Å². The Balaban J connectivity index is 4.12. The van der Waals surface area contributed by atoms with Crippen molar-refractivity contribution in [1.82, 2.24) is 0 Å². The molecule has 0 fully saturated rings. The van der Waals surface area contributed by atoms with Crippen molar-refractivity contribution in [2.24, 2.45) is 5.92 Å². The molecule has 1 unspecified atom stereocenters. The van der Waals surface area contributed by atoms with Gasteiger partial charge in [-0.2, -0.15) is 0 Å². The lowest BCUT2D eigenvalue weighted by Gasteiger charge is -2.18. The molecule has 12 heavy (non-hydrogen) atoms. The van der Waals surface area contributed by atoms with Crippen molar-refractivity contribution in [3.05, 3.63) is 10.1 Å². The first-order valence-corrected chi connectivity index (χ1v) is 4.28. The molecule has 0 aliphatic rings. The largest absolute Gasteiger partial charge is 0.396 e. The smallest absolute Gasteiger partial charge is 0.272 e. The van der Waals surface area contributed by atoms with E-state index in [0.717, 1.165) is 0 Å². The molecule has 0 aliphatic carbocycles. The summed E-state index contributed by atoms with van der Waals surface area (Å²) in [5, 5.41) is 27.7. The number of halogens is 1. The van der Waals surface area contributed by atoms with E-state index in [0.29, 0.717) is 0 Å². The van der Waals surface area contributed by atoms with Gasteiger partial charge in [0.05, 0.1) is 0 Å². The molecule has 0 saturated carbocycles. The van der Waals surface area contributed by atoms with Crippen molar-refractivity contribution in [3.63, 3.8) is 0 Å². The third kappa shape index (κ3) is 3.46. The van der Waals surface area contributed by atoms with E-state index in [1.165, 1.54) is 6.92 Å². The third-order valence-electron chi connectivity index (χ3n) is 1.56. The van der Waals surface area contributed by atoms with Crippen LogP contribution in [0.2, 0.25) is 0 Å². The second-order valence-electron chi connectivity index (χ2n) is 2.83. The summed E-state index contributed by atoms with van der Waals surface area (Å²) in [5.41, 5.74) is 0. The zero-order valence-corrected chi connectivity index (χ0v) is 8.32. The highest BCUT2D eigenvalue weighted by Gasteiger charge is 2.35. The quantitative estimate of drug-likeness (QED) is 0.315. The van der Waals surface area contributed by atoms with E-state index in [-0.39, 0.29) is 19.6 Å². The van der Waals surface area contributed by atoms with Crippen molar-refractivity contribution in [3.8, 4) is 0 Å². The maximum atomic E-state index is 10.4. The SMILES string of the molecule is CC(Br)(CC(CO)CO)[N+](=O)[O-]. The second kappa shape index (κ2) is 4.74. The van der Waals surface area contributed by atoms with E-state index in [1.54, 1.807) is 0 Å². The molecule has 0 heterocycles. The lowest BCUT2D eigenvalue weighted by atomic mass is 10.0. The number of aliphatic hydroxyl groups excluding tert-OH is 2. The lowest BCUT2D eigenvalue weighted by molar-refractivity contribution is -0.533. The third-order valence-corrected chi connectivity index (χ3v) is 2.17. The minimum atomic E-state index is -1.26. The summed E-state index contributed by atoms with van der Waals surface area (Å²) in [4.78, 5) is 9.90. The molecule has 2 N–H and O–H groups in total. The van der Waals surface area contributed by atoms with Gasteiger partial charge in [0.15, 0.2) is 0 Å². The first-order chi connectivity index (χ1) is 5.44. The van der Waals surface area contributed by atoms with Gasteiger partial charge in [-0.15, -0.1) is 0 Å². The minimum absolute atomic E-state index is 0.104. The summed E-state index contributed by atoms with van der Waals surface area (Å²) < 4.78 is -1.26. The van der Waals surface area contributed by atoms with Crippen LogP contribution >= 0.6 is 15.9 Å². The van der Waals surface area contributed by atoms with Crippen LogP contribution in [0.5, 0.6) is 0 Å².